The van der Waals surface area contributed by atoms with Crippen LogP contribution in [0.4, 0.5) is 0 Å². The van der Waals surface area contributed by atoms with Crippen LogP contribution in [-0.4, -0.2) is 32.3 Å². The number of rotatable bonds is 5. The molecule has 20 heavy (non-hydrogen) atoms. The van der Waals surface area contributed by atoms with Crippen LogP contribution in [0.3, 0.4) is 0 Å². The number of halogens is 2. The predicted molar refractivity (Wildman–Crippen MR) is 83.8 cm³/mol. The average Bonchev–Trinajstić information content (AvgIpc) is 2.36. The molecule has 0 fully saturated rings. The summed E-state index contributed by atoms with van der Waals surface area (Å²) in [6.07, 6.45) is 0.843. The highest BCUT2D eigenvalue weighted by molar-refractivity contribution is 9.10. The maximum absolute atomic E-state index is 12.4. The van der Waals surface area contributed by atoms with Gasteiger partial charge in [0.25, 0.3) is 15.0 Å². The van der Waals surface area contributed by atoms with E-state index < -0.39 is 9.05 Å². The molecule has 0 unspecified atom stereocenters. The Morgan fingerprint density at radius 1 is 1.35 bits per heavy atom. The minimum absolute atomic E-state index is 0.0740. The molecule has 0 atom stereocenters. The van der Waals surface area contributed by atoms with Gasteiger partial charge < -0.3 is 4.90 Å². The third kappa shape index (κ3) is 3.96. The fourth-order valence-corrected chi connectivity index (χ4v) is 4.05. The van der Waals surface area contributed by atoms with Gasteiger partial charge in [-0.25, -0.2) is 8.42 Å². The number of carbonyl (C=O) groups is 1. The first kappa shape index (κ1) is 17.5. The van der Waals surface area contributed by atoms with Crippen molar-refractivity contribution < 1.29 is 13.2 Å². The quantitative estimate of drug-likeness (QED) is 0.732. The maximum atomic E-state index is 12.4. The summed E-state index contributed by atoms with van der Waals surface area (Å²) in [5.74, 6) is -0.188. The molecule has 1 aromatic rings. The Kier molecular flexibility index (Phi) is 6.04. The van der Waals surface area contributed by atoms with Crippen LogP contribution < -0.4 is 0 Å². The Hall–Kier alpha value is -0.590. The molecule has 0 radical (unpaired) electrons. The van der Waals surface area contributed by atoms with Crippen molar-refractivity contribution in [3.63, 3.8) is 0 Å². The van der Waals surface area contributed by atoms with Crippen LogP contribution in [0, 0.1) is 6.92 Å². The van der Waals surface area contributed by atoms with E-state index in [0.29, 0.717) is 28.7 Å². The lowest BCUT2D eigenvalue weighted by Gasteiger charge is -2.21. The molecule has 0 aliphatic rings. The van der Waals surface area contributed by atoms with Crippen LogP contribution in [0.2, 0.25) is 0 Å². The zero-order valence-electron chi connectivity index (χ0n) is 11.6. The molecule has 0 heterocycles. The van der Waals surface area contributed by atoms with E-state index in [1.165, 1.54) is 6.07 Å². The smallest absolute Gasteiger partial charge is 0.262 e. The molecular weight excluding hydrogens is 366 g/mol. The Morgan fingerprint density at radius 3 is 2.40 bits per heavy atom. The second-order valence-electron chi connectivity index (χ2n) is 4.43. The molecule has 0 N–H and O–H groups in total. The van der Waals surface area contributed by atoms with Gasteiger partial charge in [-0.1, -0.05) is 6.92 Å². The van der Waals surface area contributed by atoms with E-state index in [-0.39, 0.29) is 10.8 Å². The minimum Gasteiger partial charge on any atom is -0.339 e. The van der Waals surface area contributed by atoms with Crippen LogP contribution in [0.15, 0.2) is 21.5 Å². The lowest BCUT2D eigenvalue weighted by Crippen LogP contribution is -2.31. The Labute approximate surface area is 132 Å². The zero-order chi connectivity index (χ0) is 15.5. The molecule has 1 aromatic carbocycles. The summed E-state index contributed by atoms with van der Waals surface area (Å²) in [6.45, 7) is 6.80. The maximum Gasteiger partial charge on any atom is 0.262 e. The Morgan fingerprint density at radius 2 is 1.95 bits per heavy atom. The van der Waals surface area contributed by atoms with Crippen molar-refractivity contribution in [2.75, 3.05) is 13.1 Å². The summed E-state index contributed by atoms with van der Waals surface area (Å²) in [6, 6.07) is 2.98. The van der Waals surface area contributed by atoms with E-state index in [2.05, 4.69) is 15.9 Å². The normalized spacial score (nSPS) is 11.4. The van der Waals surface area contributed by atoms with E-state index in [1.807, 2.05) is 13.8 Å². The van der Waals surface area contributed by atoms with Gasteiger partial charge >= 0.3 is 0 Å². The molecule has 0 spiro atoms. The van der Waals surface area contributed by atoms with Gasteiger partial charge in [0.1, 0.15) is 0 Å². The number of nitrogens with zero attached hydrogens (tertiary/aromatic N) is 1. The Balaban J connectivity index is 3.34. The highest BCUT2D eigenvalue weighted by atomic mass is 79.9. The molecule has 112 valence electrons. The second kappa shape index (κ2) is 6.91. The lowest BCUT2D eigenvalue weighted by atomic mass is 10.1. The monoisotopic (exact) mass is 381 g/mol. The van der Waals surface area contributed by atoms with Crippen molar-refractivity contribution >= 4 is 41.6 Å². The van der Waals surface area contributed by atoms with Gasteiger partial charge in [-0.3, -0.25) is 4.79 Å². The topological polar surface area (TPSA) is 54.5 Å². The first-order valence-corrected chi connectivity index (χ1v) is 9.36. The third-order valence-corrected chi connectivity index (χ3v) is 5.55. The number of carbonyl (C=O) groups excluding carboxylic acids is 1. The fraction of sp³-hybridized carbons (Fsp3) is 0.462. The number of hydrogen-bond donors (Lipinski definition) is 0. The van der Waals surface area contributed by atoms with E-state index in [1.54, 1.807) is 17.9 Å². The fourth-order valence-electron chi connectivity index (χ4n) is 1.89. The van der Waals surface area contributed by atoms with Gasteiger partial charge in [-0.05, 0) is 53.9 Å². The summed E-state index contributed by atoms with van der Waals surface area (Å²) >= 11 is 3.20. The van der Waals surface area contributed by atoms with E-state index in [4.69, 9.17) is 10.7 Å². The van der Waals surface area contributed by atoms with Gasteiger partial charge in [0.2, 0.25) is 0 Å². The SMILES string of the molecule is CCCN(CC)C(=O)c1cc(C)c(Br)c(S(=O)(=O)Cl)c1. The van der Waals surface area contributed by atoms with Crippen LogP contribution in [-0.2, 0) is 9.05 Å². The van der Waals surface area contributed by atoms with Gasteiger partial charge in [0.05, 0.1) is 4.90 Å². The molecule has 7 heteroatoms. The average molecular weight is 383 g/mol. The lowest BCUT2D eigenvalue weighted by molar-refractivity contribution is 0.0764. The van der Waals surface area contributed by atoms with Gasteiger partial charge in [0, 0.05) is 33.8 Å². The van der Waals surface area contributed by atoms with Crippen LogP contribution in [0.1, 0.15) is 36.2 Å². The molecule has 0 aliphatic heterocycles. The number of amides is 1. The van der Waals surface area contributed by atoms with Crippen LogP contribution >= 0.6 is 26.6 Å². The molecule has 1 rings (SSSR count). The molecule has 0 saturated carbocycles. The van der Waals surface area contributed by atoms with Crippen molar-refractivity contribution in [3.05, 3.63) is 27.7 Å². The third-order valence-electron chi connectivity index (χ3n) is 2.89. The zero-order valence-corrected chi connectivity index (χ0v) is 14.8. The summed E-state index contributed by atoms with van der Waals surface area (Å²) < 4.78 is 23.5. The molecule has 0 aromatic heterocycles. The van der Waals surface area contributed by atoms with Gasteiger partial charge in [-0.15, -0.1) is 0 Å². The molecule has 1 amide bonds. The van der Waals surface area contributed by atoms with Gasteiger partial charge in [-0.2, -0.15) is 0 Å². The van der Waals surface area contributed by atoms with E-state index >= 15 is 0 Å². The van der Waals surface area contributed by atoms with Crippen molar-refractivity contribution in [3.8, 4) is 0 Å². The predicted octanol–water partition coefficient (Wildman–Crippen LogP) is 3.56. The minimum atomic E-state index is -3.90. The van der Waals surface area contributed by atoms with E-state index in [9.17, 15) is 13.2 Å². The Bertz CT molecular complexity index is 616. The largest absolute Gasteiger partial charge is 0.339 e. The first-order valence-electron chi connectivity index (χ1n) is 6.26. The van der Waals surface area contributed by atoms with Crippen molar-refractivity contribution in [1.82, 2.24) is 4.90 Å². The van der Waals surface area contributed by atoms with Crippen LogP contribution in [0.25, 0.3) is 0 Å². The van der Waals surface area contributed by atoms with Crippen molar-refractivity contribution in [2.24, 2.45) is 0 Å². The van der Waals surface area contributed by atoms with Crippen molar-refractivity contribution in [1.29, 1.82) is 0 Å². The molecule has 4 nitrogen and oxygen atoms in total. The summed E-state index contributed by atoms with van der Waals surface area (Å²) in [5.41, 5.74) is 0.989. The van der Waals surface area contributed by atoms with Gasteiger partial charge in [0.15, 0.2) is 0 Å². The van der Waals surface area contributed by atoms with Crippen molar-refractivity contribution in [2.45, 2.75) is 32.1 Å². The summed E-state index contributed by atoms with van der Waals surface area (Å²) in [5, 5.41) is 0. The summed E-state index contributed by atoms with van der Waals surface area (Å²) in [7, 11) is 1.50. The summed E-state index contributed by atoms with van der Waals surface area (Å²) in [4.78, 5) is 14.0. The highest BCUT2D eigenvalue weighted by Gasteiger charge is 2.21. The molecular formula is C13H17BrClNO3S. The highest BCUT2D eigenvalue weighted by Crippen LogP contribution is 2.30. The number of aryl methyl sites for hydroxylation is 1. The number of hydrogen-bond acceptors (Lipinski definition) is 3. The standard InChI is InChI=1S/C13H17BrClNO3S/c1-4-6-16(5-2)13(17)10-7-9(3)12(14)11(8-10)20(15,18)19/h7-8H,4-6H2,1-3H3. The molecule has 0 aliphatic carbocycles. The van der Waals surface area contributed by atoms with E-state index in [0.717, 1.165) is 6.42 Å². The molecule has 0 bridgehead atoms. The first-order chi connectivity index (χ1) is 9.22. The van der Waals surface area contributed by atoms with Crippen LogP contribution in [0.5, 0.6) is 0 Å². The second-order valence-corrected chi connectivity index (χ2v) is 7.76. The number of benzene rings is 1. The molecule has 0 saturated heterocycles.